The number of nitriles is 1. The van der Waals surface area contributed by atoms with Gasteiger partial charge in [0.05, 0.1) is 15.5 Å². The van der Waals surface area contributed by atoms with Crippen molar-refractivity contribution >= 4 is 22.7 Å². The van der Waals surface area contributed by atoms with Crippen LogP contribution >= 0.6 is 11.6 Å². The highest BCUT2D eigenvalue weighted by Crippen LogP contribution is 2.17. The highest BCUT2D eigenvalue weighted by Gasteiger charge is 2.04. The average Bonchev–Trinajstić information content (AvgIpc) is 2.05. The molecule has 0 radical (unpaired) electrons. The largest absolute Gasteiger partial charge is 0.302 e. The fourth-order valence-corrected chi connectivity index (χ4v) is 1.26. The van der Waals surface area contributed by atoms with Gasteiger partial charge in [0.2, 0.25) is 0 Å². The molecule has 62 valence electrons. The maximum atomic E-state index is 10.5. The second kappa shape index (κ2) is 3.68. The second-order valence-electron chi connectivity index (χ2n) is 2.00. The molecule has 0 aromatic heterocycles. The van der Waals surface area contributed by atoms with Gasteiger partial charge in [-0.15, -0.1) is 0 Å². The molecule has 1 unspecified atom stereocenters. The Balaban J connectivity index is 3.25. The minimum Gasteiger partial charge on any atom is -0.302 e. The van der Waals surface area contributed by atoms with Crippen LogP contribution in [0.25, 0.3) is 0 Å². The lowest BCUT2D eigenvalue weighted by molar-refractivity contribution is 0.564. The summed E-state index contributed by atoms with van der Waals surface area (Å²) in [5, 5.41) is 8.79. The first kappa shape index (κ1) is 9.20. The van der Waals surface area contributed by atoms with Crippen molar-refractivity contribution in [1.82, 2.24) is 0 Å². The molecule has 0 aliphatic carbocycles. The predicted molar refractivity (Wildman–Crippen MR) is 45.2 cm³/mol. The summed E-state index contributed by atoms with van der Waals surface area (Å²) in [6, 6.07) is 5.93. The van der Waals surface area contributed by atoms with Crippen LogP contribution in [0.1, 0.15) is 5.56 Å². The van der Waals surface area contributed by atoms with Crippen LogP contribution in [0, 0.1) is 11.3 Å². The quantitative estimate of drug-likeness (QED) is 0.705. The molecule has 0 aliphatic rings. The Labute approximate surface area is 76.9 Å². The minimum absolute atomic E-state index is 0.177. The third kappa shape index (κ3) is 1.83. The fourth-order valence-electron chi connectivity index (χ4n) is 0.699. The molecule has 0 bridgehead atoms. The van der Waals surface area contributed by atoms with E-state index in [0.29, 0.717) is 0 Å². The van der Waals surface area contributed by atoms with E-state index < -0.39 is 11.1 Å². The molecule has 3 nitrogen and oxygen atoms in total. The summed E-state index contributed by atoms with van der Waals surface area (Å²) >= 11 is 3.54. The van der Waals surface area contributed by atoms with Crippen LogP contribution in [0.15, 0.2) is 23.1 Å². The highest BCUT2D eigenvalue weighted by atomic mass is 35.5. The minimum atomic E-state index is -2.06. The molecule has 0 spiro atoms. The lowest BCUT2D eigenvalue weighted by Gasteiger charge is -1.96. The molecule has 0 amide bonds. The van der Waals surface area contributed by atoms with Crippen LogP contribution in [0.3, 0.4) is 0 Å². The smallest absolute Gasteiger partial charge is 0.186 e. The first-order chi connectivity index (χ1) is 5.65. The molecular formula is C7H4ClNO2S. The number of hydrogen-bond acceptors (Lipinski definition) is 2. The average molecular weight is 202 g/mol. The SMILES string of the molecule is N#Cc1cc(S(=O)O)ccc1Cl. The van der Waals surface area contributed by atoms with Gasteiger partial charge < -0.3 is 4.55 Å². The van der Waals surface area contributed by atoms with Crippen LogP contribution in [0.2, 0.25) is 5.02 Å². The summed E-state index contributed by atoms with van der Waals surface area (Å²) in [6.45, 7) is 0. The van der Waals surface area contributed by atoms with Crippen LogP contribution in [0.4, 0.5) is 0 Å². The number of rotatable bonds is 1. The van der Waals surface area contributed by atoms with Crippen molar-refractivity contribution < 1.29 is 8.76 Å². The molecule has 0 fully saturated rings. The molecule has 1 rings (SSSR count). The summed E-state index contributed by atoms with van der Waals surface area (Å²) in [6.07, 6.45) is 0. The molecule has 12 heavy (non-hydrogen) atoms. The standard InChI is InChI=1S/C7H4ClNO2S/c8-7-2-1-6(12(10)11)3-5(7)4-9/h1-3H,(H,10,11). The van der Waals surface area contributed by atoms with Gasteiger partial charge in [-0.3, -0.25) is 0 Å². The van der Waals surface area contributed by atoms with Crippen molar-refractivity contribution in [3.8, 4) is 6.07 Å². The van der Waals surface area contributed by atoms with Crippen molar-refractivity contribution in [2.24, 2.45) is 0 Å². The van der Waals surface area contributed by atoms with E-state index in [1.54, 1.807) is 0 Å². The van der Waals surface area contributed by atoms with Gasteiger partial charge >= 0.3 is 0 Å². The first-order valence-electron chi connectivity index (χ1n) is 2.95. The van der Waals surface area contributed by atoms with Crippen LogP contribution in [0.5, 0.6) is 0 Å². The zero-order valence-corrected chi connectivity index (χ0v) is 7.39. The molecule has 1 aromatic rings. The van der Waals surface area contributed by atoms with Crippen molar-refractivity contribution in [1.29, 1.82) is 5.26 Å². The van der Waals surface area contributed by atoms with Gasteiger partial charge in [-0.25, -0.2) is 4.21 Å². The zero-order chi connectivity index (χ0) is 9.14. The van der Waals surface area contributed by atoms with Gasteiger partial charge in [-0.05, 0) is 18.2 Å². The molecule has 1 atom stereocenters. The topological polar surface area (TPSA) is 61.1 Å². The Bertz CT molecular complexity index is 372. The molecule has 1 N–H and O–H groups in total. The van der Waals surface area contributed by atoms with E-state index >= 15 is 0 Å². The summed E-state index contributed by atoms with van der Waals surface area (Å²) in [4.78, 5) is 0.177. The van der Waals surface area contributed by atoms with Gasteiger partial charge in [-0.2, -0.15) is 5.26 Å². The van der Waals surface area contributed by atoms with E-state index in [9.17, 15) is 4.21 Å². The van der Waals surface area contributed by atoms with Crippen molar-refractivity contribution in [2.75, 3.05) is 0 Å². The van der Waals surface area contributed by atoms with E-state index in [1.165, 1.54) is 18.2 Å². The van der Waals surface area contributed by atoms with Crippen molar-refractivity contribution in [3.05, 3.63) is 28.8 Å². The Morgan fingerprint density at radius 2 is 2.25 bits per heavy atom. The second-order valence-corrected chi connectivity index (χ2v) is 3.38. The Morgan fingerprint density at radius 1 is 1.58 bits per heavy atom. The molecule has 0 saturated heterocycles. The van der Waals surface area contributed by atoms with Gasteiger partial charge in [0.25, 0.3) is 0 Å². The van der Waals surface area contributed by atoms with E-state index in [2.05, 4.69) is 0 Å². The van der Waals surface area contributed by atoms with Crippen LogP contribution < -0.4 is 0 Å². The van der Waals surface area contributed by atoms with Crippen LogP contribution in [-0.2, 0) is 11.1 Å². The molecule has 0 aliphatic heterocycles. The van der Waals surface area contributed by atoms with Gasteiger partial charge in [0.1, 0.15) is 6.07 Å². The molecular weight excluding hydrogens is 198 g/mol. The van der Waals surface area contributed by atoms with Crippen molar-refractivity contribution in [3.63, 3.8) is 0 Å². The maximum Gasteiger partial charge on any atom is 0.186 e. The van der Waals surface area contributed by atoms with Gasteiger partial charge in [0, 0.05) is 0 Å². The first-order valence-corrected chi connectivity index (χ1v) is 4.44. The normalized spacial score (nSPS) is 12.1. The van der Waals surface area contributed by atoms with E-state index in [1.807, 2.05) is 6.07 Å². The highest BCUT2D eigenvalue weighted by molar-refractivity contribution is 7.79. The Hall–Kier alpha value is -0.890. The molecule has 5 heteroatoms. The monoisotopic (exact) mass is 201 g/mol. The molecule has 0 saturated carbocycles. The maximum absolute atomic E-state index is 10.5. The zero-order valence-electron chi connectivity index (χ0n) is 5.82. The third-order valence-electron chi connectivity index (χ3n) is 1.26. The Kier molecular flexibility index (Phi) is 2.82. The van der Waals surface area contributed by atoms with E-state index in [4.69, 9.17) is 21.4 Å². The van der Waals surface area contributed by atoms with Crippen molar-refractivity contribution in [2.45, 2.75) is 4.90 Å². The van der Waals surface area contributed by atoms with Gasteiger partial charge in [0.15, 0.2) is 11.1 Å². The summed E-state index contributed by atoms with van der Waals surface area (Å²) in [5.74, 6) is 0. The van der Waals surface area contributed by atoms with E-state index in [-0.39, 0.29) is 15.5 Å². The summed E-state index contributed by atoms with van der Waals surface area (Å²) < 4.78 is 19.2. The lowest BCUT2D eigenvalue weighted by atomic mass is 10.2. The molecule has 0 heterocycles. The Morgan fingerprint density at radius 3 is 2.75 bits per heavy atom. The van der Waals surface area contributed by atoms with Gasteiger partial charge in [-0.1, -0.05) is 11.6 Å². The molecule has 1 aromatic carbocycles. The van der Waals surface area contributed by atoms with Crippen LogP contribution in [-0.4, -0.2) is 8.76 Å². The number of nitrogens with zero attached hydrogens (tertiary/aromatic N) is 1. The lowest BCUT2D eigenvalue weighted by Crippen LogP contribution is -1.89. The fraction of sp³-hybridized carbons (Fsp3) is 0. The third-order valence-corrected chi connectivity index (χ3v) is 2.25. The summed E-state index contributed by atoms with van der Waals surface area (Å²) in [7, 11) is 0. The summed E-state index contributed by atoms with van der Waals surface area (Å²) in [5.41, 5.74) is 0.205. The predicted octanol–water partition coefficient (Wildman–Crippen LogP) is 1.79. The van der Waals surface area contributed by atoms with E-state index in [0.717, 1.165) is 0 Å². The number of hydrogen-bond donors (Lipinski definition) is 1. The number of benzene rings is 1. The number of halogens is 1.